The maximum atomic E-state index is 12.5. The summed E-state index contributed by atoms with van der Waals surface area (Å²) >= 11 is 6.86. The highest BCUT2D eigenvalue weighted by molar-refractivity contribution is 9.10. The molecule has 0 aliphatic heterocycles. The number of fused-ring (bicyclic) bond motifs is 2. The molecule has 0 aliphatic carbocycles. The molecule has 4 heteroatoms. The van der Waals surface area contributed by atoms with Crippen LogP contribution in [-0.4, -0.2) is 4.57 Å². The maximum absolute atomic E-state index is 12.5. The molecule has 0 spiro atoms. The average Bonchev–Trinajstić information content (AvgIpc) is 2.36. The number of nitrogens with zero attached hydrogens (tertiary/aromatic N) is 1. The summed E-state index contributed by atoms with van der Waals surface area (Å²) in [5.74, 6) is 0. The standard InChI is InChI=1S/C14H9Br2NO/c1-17-12-5-3-8(15)6-11(12)14(18)10-4-2-9(16)7-13(10)17/h2-7H,1H3. The third-order valence-corrected chi connectivity index (χ3v) is 4.12. The molecule has 0 atom stereocenters. The van der Waals surface area contributed by atoms with Gasteiger partial charge in [0.05, 0.1) is 11.0 Å². The fourth-order valence-corrected chi connectivity index (χ4v) is 2.94. The van der Waals surface area contributed by atoms with Crippen molar-refractivity contribution < 1.29 is 0 Å². The highest BCUT2D eigenvalue weighted by Gasteiger charge is 2.09. The van der Waals surface area contributed by atoms with Gasteiger partial charge in [0, 0.05) is 26.8 Å². The van der Waals surface area contributed by atoms with Gasteiger partial charge in [-0.05, 0) is 36.4 Å². The van der Waals surface area contributed by atoms with Crippen LogP contribution >= 0.6 is 31.9 Å². The SMILES string of the molecule is Cn1c2ccc(Br)cc2c(=O)c2ccc(Br)cc21. The summed E-state index contributed by atoms with van der Waals surface area (Å²) in [7, 11) is 1.98. The number of aryl methyl sites for hydroxylation is 1. The fraction of sp³-hybridized carbons (Fsp3) is 0.0714. The van der Waals surface area contributed by atoms with Crippen LogP contribution in [0.3, 0.4) is 0 Å². The van der Waals surface area contributed by atoms with E-state index in [0.29, 0.717) is 0 Å². The molecular formula is C14H9Br2NO. The monoisotopic (exact) mass is 365 g/mol. The van der Waals surface area contributed by atoms with Crippen molar-refractivity contribution in [3.8, 4) is 0 Å². The molecule has 0 N–H and O–H groups in total. The Labute approximate surface area is 120 Å². The van der Waals surface area contributed by atoms with Crippen LogP contribution in [0.25, 0.3) is 21.8 Å². The second-order valence-corrected chi connectivity index (χ2v) is 6.04. The molecule has 2 aromatic carbocycles. The normalized spacial score (nSPS) is 11.3. The van der Waals surface area contributed by atoms with E-state index in [4.69, 9.17) is 0 Å². The van der Waals surface area contributed by atoms with Crippen molar-refractivity contribution in [1.82, 2.24) is 4.57 Å². The third-order valence-electron chi connectivity index (χ3n) is 3.13. The number of rotatable bonds is 0. The van der Waals surface area contributed by atoms with Crippen molar-refractivity contribution in [3.05, 3.63) is 55.6 Å². The molecule has 3 aromatic rings. The number of pyridine rings is 1. The molecule has 3 rings (SSSR count). The van der Waals surface area contributed by atoms with Gasteiger partial charge in [0.1, 0.15) is 0 Å². The van der Waals surface area contributed by atoms with E-state index in [0.717, 1.165) is 30.8 Å². The lowest BCUT2D eigenvalue weighted by atomic mass is 10.1. The fourth-order valence-electron chi connectivity index (χ4n) is 2.23. The molecule has 0 aliphatic rings. The molecular weight excluding hydrogens is 358 g/mol. The summed E-state index contributed by atoms with van der Waals surface area (Å²) in [6.45, 7) is 0. The van der Waals surface area contributed by atoms with Gasteiger partial charge in [-0.3, -0.25) is 4.79 Å². The van der Waals surface area contributed by atoms with Crippen molar-refractivity contribution in [2.24, 2.45) is 7.05 Å². The lowest BCUT2D eigenvalue weighted by Crippen LogP contribution is -2.08. The Morgan fingerprint density at radius 1 is 0.889 bits per heavy atom. The van der Waals surface area contributed by atoms with Gasteiger partial charge in [0.25, 0.3) is 0 Å². The van der Waals surface area contributed by atoms with Crippen LogP contribution in [0.1, 0.15) is 0 Å². The molecule has 0 saturated heterocycles. The highest BCUT2D eigenvalue weighted by Crippen LogP contribution is 2.23. The molecule has 2 nitrogen and oxygen atoms in total. The number of benzene rings is 2. The summed E-state index contributed by atoms with van der Waals surface area (Å²) in [5.41, 5.74) is 1.95. The van der Waals surface area contributed by atoms with Crippen LogP contribution in [-0.2, 0) is 7.05 Å². The third kappa shape index (κ3) is 1.71. The minimum absolute atomic E-state index is 0.0758. The quantitative estimate of drug-likeness (QED) is 0.546. The van der Waals surface area contributed by atoms with Crippen molar-refractivity contribution in [2.45, 2.75) is 0 Å². The summed E-state index contributed by atoms with van der Waals surface area (Å²) in [5, 5.41) is 1.48. The van der Waals surface area contributed by atoms with Gasteiger partial charge in [-0.25, -0.2) is 0 Å². The zero-order chi connectivity index (χ0) is 12.9. The molecule has 18 heavy (non-hydrogen) atoms. The van der Waals surface area contributed by atoms with E-state index in [-0.39, 0.29) is 5.43 Å². The molecule has 90 valence electrons. The van der Waals surface area contributed by atoms with Crippen LogP contribution < -0.4 is 5.43 Å². The molecule has 1 heterocycles. The van der Waals surface area contributed by atoms with Crippen molar-refractivity contribution in [1.29, 1.82) is 0 Å². The van der Waals surface area contributed by atoms with Gasteiger partial charge in [0.2, 0.25) is 0 Å². The molecule has 0 radical (unpaired) electrons. The van der Waals surface area contributed by atoms with Crippen molar-refractivity contribution in [3.63, 3.8) is 0 Å². The van der Waals surface area contributed by atoms with Crippen molar-refractivity contribution >= 4 is 53.7 Å². The van der Waals surface area contributed by atoms with Crippen molar-refractivity contribution in [2.75, 3.05) is 0 Å². The predicted molar refractivity (Wildman–Crippen MR) is 82.1 cm³/mol. The highest BCUT2D eigenvalue weighted by atomic mass is 79.9. The topological polar surface area (TPSA) is 22.0 Å². The van der Waals surface area contributed by atoms with E-state index in [1.807, 2.05) is 48.0 Å². The first-order valence-corrected chi connectivity index (χ1v) is 7.04. The summed E-state index contributed by atoms with van der Waals surface area (Å²) in [6.07, 6.45) is 0. The number of aromatic nitrogens is 1. The molecule has 0 amide bonds. The van der Waals surface area contributed by atoms with Gasteiger partial charge >= 0.3 is 0 Å². The number of hydrogen-bond donors (Lipinski definition) is 0. The van der Waals surface area contributed by atoms with Gasteiger partial charge in [-0.1, -0.05) is 31.9 Å². The van der Waals surface area contributed by atoms with E-state index in [9.17, 15) is 4.79 Å². The number of hydrogen-bond acceptors (Lipinski definition) is 1. The van der Waals surface area contributed by atoms with Gasteiger partial charge in [0.15, 0.2) is 5.43 Å². The Kier molecular flexibility index (Phi) is 2.79. The van der Waals surface area contributed by atoms with Crippen LogP contribution in [0.2, 0.25) is 0 Å². The molecule has 0 unspecified atom stereocenters. The lowest BCUT2D eigenvalue weighted by molar-refractivity contribution is 1.00. The zero-order valence-corrected chi connectivity index (χ0v) is 12.7. The Morgan fingerprint density at radius 2 is 1.56 bits per heavy atom. The molecule has 0 fully saturated rings. The molecule has 1 aromatic heterocycles. The van der Waals surface area contributed by atoms with Crippen LogP contribution in [0, 0.1) is 0 Å². The predicted octanol–water partition coefficient (Wildman–Crippen LogP) is 4.22. The molecule has 0 bridgehead atoms. The van der Waals surface area contributed by atoms with E-state index in [1.54, 1.807) is 0 Å². The largest absolute Gasteiger partial charge is 0.343 e. The first kappa shape index (κ1) is 11.9. The van der Waals surface area contributed by atoms with Crippen LogP contribution in [0.5, 0.6) is 0 Å². The Bertz CT molecular complexity index is 836. The first-order valence-electron chi connectivity index (χ1n) is 5.45. The van der Waals surface area contributed by atoms with E-state index in [2.05, 4.69) is 31.9 Å². The van der Waals surface area contributed by atoms with E-state index >= 15 is 0 Å². The second kappa shape index (κ2) is 4.21. The Morgan fingerprint density at radius 3 is 2.33 bits per heavy atom. The maximum Gasteiger partial charge on any atom is 0.197 e. The second-order valence-electron chi connectivity index (χ2n) is 4.21. The Balaban J connectivity index is 2.65. The summed E-state index contributed by atoms with van der Waals surface area (Å²) in [6, 6.07) is 11.5. The summed E-state index contributed by atoms with van der Waals surface area (Å²) in [4.78, 5) is 12.5. The first-order chi connectivity index (χ1) is 8.58. The van der Waals surface area contributed by atoms with Gasteiger partial charge in [-0.15, -0.1) is 0 Å². The Hall–Kier alpha value is -1.13. The minimum atomic E-state index is 0.0758. The van der Waals surface area contributed by atoms with Gasteiger partial charge in [-0.2, -0.15) is 0 Å². The average molecular weight is 367 g/mol. The lowest BCUT2D eigenvalue weighted by Gasteiger charge is -2.10. The summed E-state index contributed by atoms with van der Waals surface area (Å²) < 4.78 is 3.94. The van der Waals surface area contributed by atoms with Crippen LogP contribution in [0.4, 0.5) is 0 Å². The minimum Gasteiger partial charge on any atom is -0.343 e. The number of halogens is 2. The van der Waals surface area contributed by atoms with E-state index < -0.39 is 0 Å². The van der Waals surface area contributed by atoms with Crippen LogP contribution in [0.15, 0.2) is 50.1 Å². The smallest absolute Gasteiger partial charge is 0.197 e. The zero-order valence-electron chi connectivity index (χ0n) is 9.58. The molecule has 0 saturated carbocycles. The van der Waals surface area contributed by atoms with Gasteiger partial charge < -0.3 is 4.57 Å². The van der Waals surface area contributed by atoms with E-state index in [1.165, 1.54) is 0 Å².